The van der Waals surface area contributed by atoms with Crippen LogP contribution in [-0.4, -0.2) is 33.4 Å². The third-order valence-corrected chi connectivity index (χ3v) is 5.02. The van der Waals surface area contributed by atoms with Crippen LogP contribution in [0.3, 0.4) is 0 Å². The van der Waals surface area contributed by atoms with Gasteiger partial charge in [0.1, 0.15) is 0 Å². The summed E-state index contributed by atoms with van der Waals surface area (Å²) in [7, 11) is -3.84. The van der Waals surface area contributed by atoms with E-state index in [0.717, 1.165) is 36.4 Å². The number of carbonyl (C=O) groups is 2. The van der Waals surface area contributed by atoms with E-state index < -0.39 is 45.9 Å². The van der Waals surface area contributed by atoms with Gasteiger partial charge in [0.25, 0.3) is 5.91 Å². The van der Waals surface area contributed by atoms with Crippen LogP contribution in [0.15, 0.2) is 53.4 Å². The Morgan fingerprint density at radius 2 is 1.70 bits per heavy atom. The number of esters is 1. The Labute approximate surface area is 170 Å². The van der Waals surface area contributed by atoms with Gasteiger partial charge < -0.3 is 10.1 Å². The maximum atomic E-state index is 12.9. The van der Waals surface area contributed by atoms with Crippen LogP contribution in [0.25, 0.3) is 0 Å². The van der Waals surface area contributed by atoms with Crippen molar-refractivity contribution in [1.29, 1.82) is 0 Å². The molecule has 2 aromatic rings. The van der Waals surface area contributed by atoms with Crippen molar-refractivity contribution in [2.45, 2.75) is 11.1 Å². The van der Waals surface area contributed by atoms with Gasteiger partial charge in [-0.15, -0.1) is 6.42 Å². The Kier molecular flexibility index (Phi) is 7.20. The standard InChI is InChI=1S/C19H15F3N2O5S/c1-2-11-23-30(27,28)14-9-7-13(8-10-14)18(26)29-12-17(25)24-16-6-4-3-5-15(16)19(20,21)22/h1,3-10,23H,11-12H2,(H,24,25). The highest BCUT2D eigenvalue weighted by atomic mass is 32.2. The fourth-order valence-corrected chi connectivity index (χ4v) is 3.16. The summed E-state index contributed by atoms with van der Waals surface area (Å²) in [4.78, 5) is 23.7. The number of rotatable bonds is 7. The number of amides is 1. The molecular formula is C19H15F3N2O5S. The second-order valence-corrected chi connectivity index (χ2v) is 7.49. The van der Waals surface area contributed by atoms with E-state index in [1.54, 1.807) is 0 Å². The molecule has 0 aromatic heterocycles. The summed E-state index contributed by atoms with van der Waals surface area (Å²) in [6, 6.07) is 8.93. The molecule has 0 heterocycles. The Morgan fingerprint density at radius 3 is 2.30 bits per heavy atom. The maximum absolute atomic E-state index is 12.9. The average molecular weight is 440 g/mol. The molecule has 2 aromatic carbocycles. The SMILES string of the molecule is C#CCNS(=O)(=O)c1ccc(C(=O)OCC(=O)Nc2ccccc2C(F)(F)F)cc1. The Morgan fingerprint density at radius 1 is 1.07 bits per heavy atom. The Hall–Kier alpha value is -3.36. The number of carbonyl (C=O) groups excluding carboxylic acids is 2. The first-order valence-electron chi connectivity index (χ1n) is 8.21. The lowest BCUT2D eigenvalue weighted by Crippen LogP contribution is -2.24. The maximum Gasteiger partial charge on any atom is 0.418 e. The number of anilines is 1. The van der Waals surface area contributed by atoms with Crippen LogP contribution >= 0.6 is 0 Å². The summed E-state index contributed by atoms with van der Waals surface area (Å²) in [6.45, 7) is -1.05. The molecule has 0 unspecified atom stereocenters. The average Bonchev–Trinajstić information content (AvgIpc) is 2.70. The second kappa shape index (κ2) is 9.43. The van der Waals surface area contributed by atoms with E-state index in [1.807, 2.05) is 5.32 Å². The molecule has 2 N–H and O–H groups in total. The number of benzene rings is 2. The molecule has 30 heavy (non-hydrogen) atoms. The van der Waals surface area contributed by atoms with Gasteiger partial charge >= 0.3 is 12.1 Å². The van der Waals surface area contributed by atoms with Crippen LogP contribution in [0.1, 0.15) is 15.9 Å². The molecule has 2 rings (SSSR count). The predicted octanol–water partition coefficient (Wildman–Crippen LogP) is 2.41. The van der Waals surface area contributed by atoms with Crippen molar-refractivity contribution in [2.24, 2.45) is 0 Å². The molecular weight excluding hydrogens is 425 g/mol. The van der Waals surface area contributed by atoms with Gasteiger partial charge in [0.05, 0.1) is 28.3 Å². The van der Waals surface area contributed by atoms with E-state index in [9.17, 15) is 31.2 Å². The van der Waals surface area contributed by atoms with Gasteiger partial charge in [-0.3, -0.25) is 4.79 Å². The van der Waals surface area contributed by atoms with Crippen LogP contribution < -0.4 is 10.0 Å². The van der Waals surface area contributed by atoms with Crippen LogP contribution in [0.4, 0.5) is 18.9 Å². The fraction of sp³-hybridized carbons (Fsp3) is 0.158. The zero-order valence-electron chi connectivity index (χ0n) is 15.2. The summed E-state index contributed by atoms with van der Waals surface area (Å²) in [6.07, 6.45) is 0.318. The largest absolute Gasteiger partial charge is 0.452 e. The number of nitrogens with one attached hydrogen (secondary N) is 2. The summed E-state index contributed by atoms with van der Waals surface area (Å²) < 4.78 is 69.5. The van der Waals surface area contributed by atoms with E-state index in [0.29, 0.717) is 0 Å². The van der Waals surface area contributed by atoms with E-state index in [1.165, 1.54) is 12.1 Å². The normalized spacial score (nSPS) is 11.4. The third kappa shape index (κ3) is 6.07. The van der Waals surface area contributed by atoms with E-state index >= 15 is 0 Å². The molecule has 1 amide bonds. The number of halogens is 3. The number of sulfonamides is 1. The first-order chi connectivity index (χ1) is 14.0. The molecule has 0 saturated carbocycles. The van der Waals surface area contributed by atoms with Crippen molar-refractivity contribution in [1.82, 2.24) is 4.72 Å². The van der Waals surface area contributed by atoms with Gasteiger partial charge in [0.2, 0.25) is 10.0 Å². The molecule has 0 fully saturated rings. The zero-order chi connectivity index (χ0) is 22.4. The molecule has 0 aliphatic rings. The molecule has 0 aliphatic carbocycles. The Bertz CT molecular complexity index is 1070. The van der Waals surface area contributed by atoms with Crippen molar-refractivity contribution in [3.05, 3.63) is 59.7 Å². The minimum atomic E-state index is -4.67. The lowest BCUT2D eigenvalue weighted by molar-refractivity contribution is -0.137. The highest BCUT2D eigenvalue weighted by molar-refractivity contribution is 7.89. The van der Waals surface area contributed by atoms with Gasteiger partial charge in [-0.2, -0.15) is 17.9 Å². The van der Waals surface area contributed by atoms with Gasteiger partial charge in [-0.05, 0) is 36.4 Å². The minimum Gasteiger partial charge on any atom is -0.452 e. The quantitative estimate of drug-likeness (QED) is 0.509. The summed E-state index contributed by atoms with van der Waals surface area (Å²) >= 11 is 0. The number of alkyl halides is 3. The van der Waals surface area contributed by atoms with E-state index in [2.05, 4.69) is 10.6 Å². The van der Waals surface area contributed by atoms with Gasteiger partial charge in [0, 0.05) is 0 Å². The third-order valence-electron chi connectivity index (χ3n) is 3.61. The number of para-hydroxylation sites is 1. The van der Waals surface area contributed by atoms with Crippen molar-refractivity contribution in [3.8, 4) is 12.3 Å². The van der Waals surface area contributed by atoms with Gasteiger partial charge in [0.15, 0.2) is 6.61 Å². The number of ether oxygens (including phenoxy) is 1. The zero-order valence-corrected chi connectivity index (χ0v) is 16.0. The smallest absolute Gasteiger partial charge is 0.418 e. The molecule has 0 bridgehead atoms. The second-order valence-electron chi connectivity index (χ2n) is 5.72. The molecule has 158 valence electrons. The van der Waals surface area contributed by atoms with Crippen LogP contribution in [0.5, 0.6) is 0 Å². The van der Waals surface area contributed by atoms with E-state index in [4.69, 9.17) is 11.2 Å². The molecule has 7 nitrogen and oxygen atoms in total. The number of hydrogen-bond donors (Lipinski definition) is 2. The number of hydrogen-bond acceptors (Lipinski definition) is 5. The topological polar surface area (TPSA) is 102 Å². The van der Waals surface area contributed by atoms with Crippen molar-refractivity contribution in [2.75, 3.05) is 18.5 Å². The molecule has 0 atom stereocenters. The minimum absolute atomic E-state index is 0.0607. The lowest BCUT2D eigenvalue weighted by atomic mass is 10.1. The van der Waals surface area contributed by atoms with Crippen molar-refractivity contribution in [3.63, 3.8) is 0 Å². The van der Waals surface area contributed by atoms with Gasteiger partial charge in [-0.1, -0.05) is 18.1 Å². The number of terminal acetylenes is 1. The molecule has 0 aliphatic heterocycles. The van der Waals surface area contributed by atoms with Crippen LogP contribution in [0, 0.1) is 12.3 Å². The molecule has 0 saturated heterocycles. The fourth-order valence-electron chi connectivity index (χ4n) is 2.23. The lowest BCUT2D eigenvalue weighted by Gasteiger charge is -2.13. The van der Waals surface area contributed by atoms with E-state index in [-0.39, 0.29) is 17.0 Å². The Balaban J connectivity index is 1.98. The highest BCUT2D eigenvalue weighted by Crippen LogP contribution is 2.34. The molecule has 0 radical (unpaired) electrons. The molecule has 11 heteroatoms. The summed E-state index contributed by atoms with van der Waals surface area (Å²) in [5.74, 6) is 0.177. The van der Waals surface area contributed by atoms with Crippen molar-refractivity contribution >= 4 is 27.6 Å². The first-order valence-corrected chi connectivity index (χ1v) is 9.69. The van der Waals surface area contributed by atoms with Crippen LogP contribution in [-0.2, 0) is 25.7 Å². The molecule has 0 spiro atoms. The van der Waals surface area contributed by atoms with Crippen LogP contribution in [0.2, 0.25) is 0 Å². The predicted molar refractivity (Wildman–Crippen MR) is 101 cm³/mol. The van der Waals surface area contributed by atoms with Gasteiger partial charge in [-0.25, -0.2) is 13.2 Å². The van der Waals surface area contributed by atoms with Crippen molar-refractivity contribution < 1.29 is 35.9 Å². The summed E-state index contributed by atoms with van der Waals surface area (Å²) in [5.41, 5.74) is -1.57. The summed E-state index contributed by atoms with van der Waals surface area (Å²) in [5, 5.41) is 2.03. The highest BCUT2D eigenvalue weighted by Gasteiger charge is 2.33. The first kappa shape index (κ1) is 22.9. The monoisotopic (exact) mass is 440 g/mol.